The molecule has 1 N–H and O–H groups in total. The van der Waals surface area contributed by atoms with E-state index in [0.29, 0.717) is 0 Å². The summed E-state index contributed by atoms with van der Waals surface area (Å²) in [6.07, 6.45) is 1.16. The van der Waals surface area contributed by atoms with Gasteiger partial charge in [0.2, 0.25) is 21.8 Å². The van der Waals surface area contributed by atoms with Gasteiger partial charge in [0.25, 0.3) is 0 Å². The zero-order valence-electron chi connectivity index (χ0n) is 22.4. The summed E-state index contributed by atoms with van der Waals surface area (Å²) >= 11 is 5.91. The average molecular weight is 574 g/mol. The standard InChI is InChI=1S/C29H33ClFN3O4S/c1-29(2,3)32-28(36)26(17-21-11-7-5-8-12-21)33(19-22-13-9-6-10-14-22)27(35)20-34(39(4,37)38)23-15-16-25(31)24(30)18-23/h5-16,18,26H,17,19-20H2,1-4H3,(H,32,36). The van der Waals surface area contributed by atoms with Crippen LogP contribution in [0.4, 0.5) is 10.1 Å². The van der Waals surface area contributed by atoms with Gasteiger partial charge in [-0.15, -0.1) is 0 Å². The van der Waals surface area contributed by atoms with Crippen molar-refractivity contribution >= 4 is 39.1 Å². The quantitative estimate of drug-likeness (QED) is 0.377. The monoisotopic (exact) mass is 573 g/mol. The number of hydrogen-bond acceptors (Lipinski definition) is 4. The lowest BCUT2D eigenvalue weighted by Gasteiger charge is -2.35. The Kier molecular flexibility index (Phi) is 9.74. The van der Waals surface area contributed by atoms with E-state index in [1.165, 1.54) is 11.0 Å². The Hall–Kier alpha value is -3.43. The topological polar surface area (TPSA) is 86.8 Å². The fourth-order valence-corrected chi connectivity index (χ4v) is 5.06. The van der Waals surface area contributed by atoms with Crippen LogP contribution in [0.2, 0.25) is 5.02 Å². The van der Waals surface area contributed by atoms with E-state index in [0.717, 1.165) is 33.8 Å². The number of hydrogen-bond donors (Lipinski definition) is 1. The molecule has 0 radical (unpaired) electrons. The SMILES string of the molecule is CC(C)(C)NC(=O)C(Cc1ccccc1)N(Cc1ccccc1)C(=O)CN(c1ccc(F)c(Cl)c1)S(C)(=O)=O. The van der Waals surface area contributed by atoms with E-state index in [1.54, 1.807) is 0 Å². The van der Waals surface area contributed by atoms with Crippen LogP contribution in [0, 0.1) is 5.82 Å². The fraction of sp³-hybridized carbons (Fsp3) is 0.310. The highest BCUT2D eigenvalue weighted by atomic mass is 35.5. The van der Waals surface area contributed by atoms with E-state index in [-0.39, 0.29) is 29.6 Å². The highest BCUT2D eigenvalue weighted by molar-refractivity contribution is 7.92. The van der Waals surface area contributed by atoms with E-state index in [4.69, 9.17) is 11.6 Å². The first-order valence-corrected chi connectivity index (χ1v) is 14.6. The molecule has 208 valence electrons. The van der Waals surface area contributed by atoms with Crippen molar-refractivity contribution in [3.8, 4) is 0 Å². The minimum absolute atomic E-state index is 0.0377. The molecule has 0 saturated heterocycles. The van der Waals surface area contributed by atoms with Gasteiger partial charge in [-0.3, -0.25) is 13.9 Å². The Balaban J connectivity index is 2.06. The third-order valence-electron chi connectivity index (χ3n) is 5.84. The summed E-state index contributed by atoms with van der Waals surface area (Å²) in [5, 5.41) is 2.69. The van der Waals surface area contributed by atoms with Crippen LogP contribution >= 0.6 is 11.6 Å². The fourth-order valence-electron chi connectivity index (χ4n) is 4.04. The molecule has 39 heavy (non-hydrogen) atoms. The van der Waals surface area contributed by atoms with Crippen LogP contribution in [-0.4, -0.2) is 49.5 Å². The van der Waals surface area contributed by atoms with Crippen molar-refractivity contribution < 1.29 is 22.4 Å². The highest BCUT2D eigenvalue weighted by Gasteiger charge is 2.34. The first-order valence-electron chi connectivity index (χ1n) is 12.4. The molecule has 0 aliphatic rings. The number of carbonyl (C=O) groups is 2. The van der Waals surface area contributed by atoms with Gasteiger partial charge in [-0.25, -0.2) is 12.8 Å². The molecule has 2 amide bonds. The largest absolute Gasteiger partial charge is 0.350 e. The Labute approximate surface area is 234 Å². The Morgan fingerprint density at radius 1 is 0.949 bits per heavy atom. The molecule has 3 aromatic carbocycles. The molecular weight excluding hydrogens is 541 g/mol. The van der Waals surface area contributed by atoms with Crippen LogP contribution < -0.4 is 9.62 Å². The van der Waals surface area contributed by atoms with Gasteiger partial charge in [-0.1, -0.05) is 72.3 Å². The second-order valence-electron chi connectivity index (χ2n) is 10.3. The number of sulfonamides is 1. The number of nitrogens with one attached hydrogen (secondary N) is 1. The maximum absolute atomic E-state index is 14.0. The van der Waals surface area contributed by atoms with Crippen molar-refractivity contribution in [3.63, 3.8) is 0 Å². The van der Waals surface area contributed by atoms with Crippen molar-refractivity contribution in [2.24, 2.45) is 0 Å². The number of benzene rings is 3. The molecule has 0 aliphatic heterocycles. The Morgan fingerprint density at radius 3 is 2.03 bits per heavy atom. The molecule has 1 unspecified atom stereocenters. The molecule has 10 heteroatoms. The molecule has 7 nitrogen and oxygen atoms in total. The lowest BCUT2D eigenvalue weighted by atomic mass is 10.0. The zero-order valence-corrected chi connectivity index (χ0v) is 24.0. The van der Waals surface area contributed by atoms with E-state index >= 15 is 0 Å². The molecule has 0 spiro atoms. The second kappa shape index (κ2) is 12.6. The highest BCUT2D eigenvalue weighted by Crippen LogP contribution is 2.25. The number of nitrogens with zero attached hydrogens (tertiary/aromatic N) is 2. The van der Waals surface area contributed by atoms with Crippen LogP contribution in [0.15, 0.2) is 78.9 Å². The van der Waals surface area contributed by atoms with Gasteiger partial charge in [-0.05, 0) is 50.1 Å². The number of halogens is 2. The summed E-state index contributed by atoms with van der Waals surface area (Å²) in [6, 6.07) is 20.9. The molecule has 3 rings (SSSR count). The van der Waals surface area contributed by atoms with E-state index in [2.05, 4.69) is 5.32 Å². The van der Waals surface area contributed by atoms with Gasteiger partial charge in [0.15, 0.2) is 0 Å². The lowest BCUT2D eigenvalue weighted by molar-refractivity contribution is -0.140. The molecule has 3 aromatic rings. The molecule has 0 bridgehead atoms. The summed E-state index contributed by atoms with van der Waals surface area (Å²) in [5.74, 6) is -1.69. The van der Waals surface area contributed by atoms with E-state index < -0.39 is 39.9 Å². The van der Waals surface area contributed by atoms with Gasteiger partial charge in [0, 0.05) is 18.5 Å². The predicted octanol–water partition coefficient (Wildman–Crippen LogP) is 4.80. The summed E-state index contributed by atoms with van der Waals surface area (Å²) in [6.45, 7) is 4.99. The first-order chi connectivity index (χ1) is 18.2. The average Bonchev–Trinajstić information content (AvgIpc) is 2.86. The Bertz CT molecular complexity index is 1400. The summed E-state index contributed by atoms with van der Waals surface area (Å²) in [7, 11) is -3.98. The van der Waals surface area contributed by atoms with Gasteiger partial charge < -0.3 is 10.2 Å². The molecule has 0 heterocycles. The van der Waals surface area contributed by atoms with Crippen LogP contribution in [0.25, 0.3) is 0 Å². The van der Waals surface area contributed by atoms with Gasteiger partial charge in [0.1, 0.15) is 18.4 Å². The van der Waals surface area contributed by atoms with Crippen LogP contribution in [-0.2, 0) is 32.6 Å². The number of rotatable bonds is 10. The predicted molar refractivity (Wildman–Crippen MR) is 152 cm³/mol. The third kappa shape index (κ3) is 8.80. The van der Waals surface area contributed by atoms with Crippen LogP contribution in [0.5, 0.6) is 0 Å². The van der Waals surface area contributed by atoms with Gasteiger partial charge in [-0.2, -0.15) is 0 Å². The second-order valence-corrected chi connectivity index (χ2v) is 12.6. The summed E-state index contributed by atoms with van der Waals surface area (Å²) in [4.78, 5) is 29.0. The number of amides is 2. The van der Waals surface area contributed by atoms with Gasteiger partial charge in [0.05, 0.1) is 17.0 Å². The minimum atomic E-state index is -3.98. The minimum Gasteiger partial charge on any atom is -0.350 e. The van der Waals surface area contributed by atoms with Gasteiger partial charge >= 0.3 is 0 Å². The summed E-state index contributed by atoms with van der Waals surface area (Å²) < 4.78 is 40.2. The number of anilines is 1. The maximum atomic E-state index is 14.0. The Morgan fingerprint density at radius 2 is 1.51 bits per heavy atom. The molecule has 1 atom stereocenters. The van der Waals surface area contributed by atoms with E-state index in [1.807, 2.05) is 81.4 Å². The van der Waals surface area contributed by atoms with Crippen molar-refractivity contribution in [1.82, 2.24) is 10.2 Å². The molecule has 0 fully saturated rings. The molecule has 0 saturated carbocycles. The lowest BCUT2D eigenvalue weighted by Crippen LogP contribution is -2.56. The first kappa shape index (κ1) is 30.1. The number of carbonyl (C=O) groups excluding carboxylic acids is 2. The van der Waals surface area contributed by atoms with Crippen molar-refractivity contribution in [1.29, 1.82) is 0 Å². The van der Waals surface area contributed by atoms with Crippen molar-refractivity contribution in [2.75, 3.05) is 17.1 Å². The smallest absolute Gasteiger partial charge is 0.244 e. The zero-order chi connectivity index (χ0) is 28.8. The third-order valence-corrected chi connectivity index (χ3v) is 7.27. The van der Waals surface area contributed by atoms with Crippen LogP contribution in [0.1, 0.15) is 31.9 Å². The van der Waals surface area contributed by atoms with Crippen molar-refractivity contribution in [2.45, 2.75) is 45.3 Å². The molecular formula is C29H33ClFN3O4S. The molecule has 0 aliphatic carbocycles. The normalized spacial score (nSPS) is 12.5. The van der Waals surface area contributed by atoms with E-state index in [9.17, 15) is 22.4 Å². The molecule has 0 aromatic heterocycles. The van der Waals surface area contributed by atoms with Crippen molar-refractivity contribution in [3.05, 3.63) is 101 Å². The maximum Gasteiger partial charge on any atom is 0.244 e. The van der Waals surface area contributed by atoms with Crippen LogP contribution in [0.3, 0.4) is 0 Å². The summed E-state index contributed by atoms with van der Waals surface area (Å²) in [5.41, 5.74) is 1.07.